The first-order valence-electron chi connectivity index (χ1n) is 9.96. The number of aryl methyl sites for hydroxylation is 1. The lowest BCUT2D eigenvalue weighted by atomic mass is 10.0. The van der Waals surface area contributed by atoms with E-state index in [1.807, 2.05) is 60.4 Å². The zero-order valence-electron chi connectivity index (χ0n) is 17.2. The van der Waals surface area contributed by atoms with Crippen LogP contribution in [0.25, 0.3) is 0 Å². The minimum absolute atomic E-state index is 0.00683. The summed E-state index contributed by atoms with van der Waals surface area (Å²) in [5, 5.41) is 0. The van der Waals surface area contributed by atoms with Gasteiger partial charge in [-0.25, -0.2) is 8.42 Å². The van der Waals surface area contributed by atoms with E-state index in [0.717, 1.165) is 17.0 Å². The molecule has 2 aliphatic heterocycles. The summed E-state index contributed by atoms with van der Waals surface area (Å²) < 4.78 is 35.8. The zero-order chi connectivity index (χ0) is 21.3. The van der Waals surface area contributed by atoms with E-state index in [0.29, 0.717) is 18.9 Å². The van der Waals surface area contributed by atoms with Crippen molar-refractivity contribution in [1.82, 2.24) is 4.90 Å². The van der Waals surface area contributed by atoms with Gasteiger partial charge in [-0.3, -0.25) is 9.69 Å². The predicted octanol–water partition coefficient (Wildman–Crippen LogP) is 1.90. The van der Waals surface area contributed by atoms with Crippen molar-refractivity contribution in [2.45, 2.75) is 19.0 Å². The minimum atomic E-state index is -3.21. The van der Waals surface area contributed by atoms with Crippen molar-refractivity contribution in [1.29, 1.82) is 0 Å². The van der Waals surface area contributed by atoms with Gasteiger partial charge in [-0.1, -0.05) is 17.7 Å². The Hall–Kier alpha value is -2.58. The van der Waals surface area contributed by atoms with E-state index in [-0.39, 0.29) is 36.0 Å². The normalized spacial score (nSPS) is 23.3. The van der Waals surface area contributed by atoms with Crippen LogP contribution in [0.15, 0.2) is 48.5 Å². The third-order valence-corrected chi connectivity index (χ3v) is 7.42. The van der Waals surface area contributed by atoms with E-state index < -0.39 is 9.84 Å². The van der Waals surface area contributed by atoms with Crippen LogP contribution in [-0.2, 0) is 14.6 Å². The first-order valence-corrected chi connectivity index (χ1v) is 11.8. The molecule has 0 spiro atoms. The smallest absolute Gasteiger partial charge is 0.241 e. The van der Waals surface area contributed by atoms with Crippen molar-refractivity contribution in [2.75, 3.05) is 43.2 Å². The Bertz CT molecular complexity index is 1000. The molecule has 1 amide bonds. The molecule has 30 heavy (non-hydrogen) atoms. The third-order valence-electron chi connectivity index (χ3n) is 5.72. The summed E-state index contributed by atoms with van der Waals surface area (Å²) in [4.78, 5) is 16.6. The molecule has 0 aromatic heterocycles. The van der Waals surface area contributed by atoms with Gasteiger partial charge >= 0.3 is 0 Å². The molecule has 2 aliphatic rings. The molecule has 7 nitrogen and oxygen atoms in total. The highest BCUT2D eigenvalue weighted by Gasteiger charge is 2.49. The Balaban J connectivity index is 1.47. The van der Waals surface area contributed by atoms with Crippen LogP contribution in [-0.4, -0.2) is 69.6 Å². The first kappa shape index (κ1) is 20.7. The van der Waals surface area contributed by atoms with Gasteiger partial charge in [0, 0.05) is 18.3 Å². The number of fused-ring (bicyclic) bond motifs is 1. The second-order valence-electron chi connectivity index (χ2n) is 7.81. The number of rotatable bonds is 6. The van der Waals surface area contributed by atoms with Gasteiger partial charge < -0.3 is 14.4 Å². The highest BCUT2D eigenvalue weighted by atomic mass is 32.2. The van der Waals surface area contributed by atoms with Crippen LogP contribution in [0.4, 0.5) is 5.69 Å². The number of methoxy groups -OCH3 is 1. The lowest BCUT2D eigenvalue weighted by molar-refractivity contribution is -0.123. The number of anilines is 1. The van der Waals surface area contributed by atoms with Crippen molar-refractivity contribution >= 4 is 21.4 Å². The van der Waals surface area contributed by atoms with Crippen LogP contribution in [0.3, 0.4) is 0 Å². The fraction of sp³-hybridized carbons (Fsp3) is 0.409. The Morgan fingerprint density at radius 3 is 2.27 bits per heavy atom. The van der Waals surface area contributed by atoms with E-state index in [1.54, 1.807) is 12.0 Å². The van der Waals surface area contributed by atoms with Crippen LogP contribution < -0.4 is 14.4 Å². The van der Waals surface area contributed by atoms with Gasteiger partial charge in [-0.05, 0) is 43.3 Å². The van der Waals surface area contributed by atoms with Gasteiger partial charge in [-0.15, -0.1) is 0 Å². The van der Waals surface area contributed by atoms with Crippen LogP contribution in [0.5, 0.6) is 11.5 Å². The molecular weight excluding hydrogens is 404 g/mol. The first-order chi connectivity index (χ1) is 14.4. The summed E-state index contributed by atoms with van der Waals surface area (Å²) in [6.45, 7) is 3.01. The largest absolute Gasteiger partial charge is 0.497 e. The fourth-order valence-electron chi connectivity index (χ4n) is 4.20. The number of amides is 1. The van der Waals surface area contributed by atoms with Crippen molar-refractivity contribution in [3.05, 3.63) is 54.1 Å². The molecule has 0 aliphatic carbocycles. The molecule has 2 heterocycles. The summed E-state index contributed by atoms with van der Waals surface area (Å²) >= 11 is 0. The molecule has 0 bridgehead atoms. The molecule has 4 rings (SSSR count). The van der Waals surface area contributed by atoms with E-state index in [1.165, 1.54) is 0 Å². The topological polar surface area (TPSA) is 76.2 Å². The summed E-state index contributed by atoms with van der Waals surface area (Å²) in [7, 11) is -1.60. The van der Waals surface area contributed by atoms with Gasteiger partial charge in [0.2, 0.25) is 5.91 Å². The SMILES string of the molecule is COc1ccc(OCCN2CC(=O)N(c3ccc(C)cc3)C3CS(=O)(=O)CC32)cc1. The lowest BCUT2D eigenvalue weighted by Crippen LogP contribution is -2.62. The molecule has 2 atom stereocenters. The van der Waals surface area contributed by atoms with Gasteiger partial charge in [0.25, 0.3) is 0 Å². The molecule has 8 heteroatoms. The highest BCUT2D eigenvalue weighted by Crippen LogP contribution is 2.31. The monoisotopic (exact) mass is 430 g/mol. The maximum atomic E-state index is 13.0. The Morgan fingerprint density at radius 2 is 1.60 bits per heavy atom. The van der Waals surface area contributed by atoms with E-state index in [2.05, 4.69) is 0 Å². The van der Waals surface area contributed by atoms with E-state index >= 15 is 0 Å². The zero-order valence-corrected chi connectivity index (χ0v) is 18.0. The van der Waals surface area contributed by atoms with Crippen LogP contribution in [0, 0.1) is 6.92 Å². The molecule has 2 fully saturated rings. The van der Waals surface area contributed by atoms with E-state index in [4.69, 9.17) is 9.47 Å². The van der Waals surface area contributed by atoms with Crippen molar-refractivity contribution < 1.29 is 22.7 Å². The summed E-state index contributed by atoms with van der Waals surface area (Å²) in [5.74, 6) is 1.43. The third kappa shape index (κ3) is 4.29. The number of ether oxygens (including phenoxy) is 2. The average Bonchev–Trinajstić information content (AvgIpc) is 3.04. The van der Waals surface area contributed by atoms with Gasteiger partial charge in [0.05, 0.1) is 31.2 Å². The minimum Gasteiger partial charge on any atom is -0.497 e. The maximum Gasteiger partial charge on any atom is 0.241 e. The average molecular weight is 431 g/mol. The van der Waals surface area contributed by atoms with Crippen molar-refractivity contribution in [2.24, 2.45) is 0 Å². The Morgan fingerprint density at radius 1 is 0.967 bits per heavy atom. The van der Waals surface area contributed by atoms with Gasteiger partial charge in [0.15, 0.2) is 9.84 Å². The van der Waals surface area contributed by atoms with Crippen LogP contribution in [0.2, 0.25) is 0 Å². The molecule has 2 unspecified atom stereocenters. The summed E-state index contributed by atoms with van der Waals surface area (Å²) in [6.07, 6.45) is 0. The molecule has 0 N–H and O–H groups in total. The second-order valence-corrected chi connectivity index (χ2v) is 9.96. The van der Waals surface area contributed by atoms with Gasteiger partial charge in [0.1, 0.15) is 18.1 Å². The number of nitrogens with zero attached hydrogens (tertiary/aromatic N) is 2. The number of hydrogen-bond donors (Lipinski definition) is 0. The molecule has 0 radical (unpaired) electrons. The standard InChI is InChI=1S/C22H26N2O5S/c1-16-3-5-17(6-4-16)24-21-15-30(26,27)14-20(21)23(13-22(24)25)11-12-29-19-9-7-18(28-2)8-10-19/h3-10,20-21H,11-15H2,1-2H3. The molecule has 160 valence electrons. The fourth-order valence-corrected chi connectivity index (χ4v) is 6.18. The number of carbonyl (C=O) groups is 1. The number of sulfone groups is 1. The Kier molecular flexibility index (Phi) is 5.71. The number of piperazine rings is 1. The maximum absolute atomic E-state index is 13.0. The molecule has 2 aromatic rings. The van der Waals surface area contributed by atoms with Gasteiger partial charge in [-0.2, -0.15) is 0 Å². The quantitative estimate of drug-likeness (QED) is 0.697. The van der Waals surface area contributed by atoms with Crippen molar-refractivity contribution in [3.63, 3.8) is 0 Å². The summed E-state index contributed by atoms with van der Waals surface area (Å²) in [5.41, 5.74) is 1.85. The number of carbonyl (C=O) groups excluding carboxylic acids is 1. The van der Waals surface area contributed by atoms with E-state index in [9.17, 15) is 13.2 Å². The predicted molar refractivity (Wildman–Crippen MR) is 115 cm³/mol. The number of benzene rings is 2. The van der Waals surface area contributed by atoms with Crippen molar-refractivity contribution in [3.8, 4) is 11.5 Å². The molecular formula is C22H26N2O5S. The highest BCUT2D eigenvalue weighted by molar-refractivity contribution is 7.91. The Labute approximate surface area is 177 Å². The second kappa shape index (κ2) is 8.28. The lowest BCUT2D eigenvalue weighted by Gasteiger charge is -2.43. The molecule has 2 saturated heterocycles. The van der Waals surface area contributed by atoms with Crippen LogP contribution in [0.1, 0.15) is 5.56 Å². The summed E-state index contributed by atoms with van der Waals surface area (Å²) in [6, 6.07) is 14.3. The molecule has 0 saturated carbocycles. The van der Waals surface area contributed by atoms with Crippen LogP contribution >= 0.6 is 0 Å². The molecule has 2 aromatic carbocycles. The number of hydrogen-bond acceptors (Lipinski definition) is 6.